The smallest absolute Gasteiger partial charge is 0.101 e. The summed E-state index contributed by atoms with van der Waals surface area (Å²) in [5, 5.41) is 8.12. The molecule has 44 valence electrons. The van der Waals surface area contributed by atoms with Crippen LogP contribution in [0.25, 0.3) is 0 Å². The van der Waals surface area contributed by atoms with Crippen LogP contribution in [0.4, 0.5) is 4.39 Å². The lowest BCUT2D eigenvalue weighted by Gasteiger charge is -2.26. The highest BCUT2D eigenvalue weighted by molar-refractivity contribution is 4.86. The Morgan fingerprint density at radius 2 is 2.25 bits per heavy atom. The molecule has 1 saturated carbocycles. The molecular weight excluding hydrogens is 105 g/mol. The second kappa shape index (κ2) is 2.13. The highest BCUT2D eigenvalue weighted by Crippen LogP contribution is 2.31. The molecule has 0 amide bonds. The van der Waals surface area contributed by atoms with E-state index in [1.807, 2.05) is 6.07 Å². The number of hydrogen-bond donors (Lipinski definition) is 0. The van der Waals surface area contributed by atoms with Gasteiger partial charge in [-0.05, 0) is 18.8 Å². The molecular formula is C6H8FN. The second-order valence-corrected chi connectivity index (χ2v) is 2.30. The third kappa shape index (κ3) is 0.975. The summed E-state index contributed by atoms with van der Waals surface area (Å²) in [4.78, 5) is 0. The molecule has 0 aromatic rings. The minimum Gasteiger partial charge on any atom is -0.247 e. The van der Waals surface area contributed by atoms with Gasteiger partial charge in [-0.1, -0.05) is 0 Å². The van der Waals surface area contributed by atoms with Crippen molar-refractivity contribution in [2.45, 2.75) is 25.4 Å². The topological polar surface area (TPSA) is 23.8 Å². The molecule has 1 fully saturated rings. The number of nitriles is 1. The minimum atomic E-state index is -0.603. The molecule has 0 aliphatic heterocycles. The van der Waals surface area contributed by atoms with Crippen molar-refractivity contribution >= 4 is 0 Å². The van der Waals surface area contributed by atoms with Gasteiger partial charge in [0.05, 0.1) is 6.07 Å². The Kier molecular flexibility index (Phi) is 1.48. The van der Waals surface area contributed by atoms with Crippen molar-refractivity contribution in [1.29, 1.82) is 5.26 Å². The van der Waals surface area contributed by atoms with Crippen LogP contribution in [0.3, 0.4) is 0 Å². The maximum absolute atomic E-state index is 12.0. The van der Waals surface area contributed by atoms with Gasteiger partial charge in [0, 0.05) is 6.42 Å². The largest absolute Gasteiger partial charge is 0.247 e. The summed E-state index contributed by atoms with van der Waals surface area (Å²) in [6.07, 6.45) is 1.18. The number of halogens is 1. The van der Waals surface area contributed by atoms with Crippen LogP contribution >= 0.6 is 0 Å². The fraction of sp³-hybridized carbons (Fsp3) is 0.833. The van der Waals surface area contributed by atoms with E-state index < -0.39 is 6.17 Å². The van der Waals surface area contributed by atoms with Crippen molar-refractivity contribution < 1.29 is 4.39 Å². The zero-order valence-electron chi connectivity index (χ0n) is 4.60. The number of nitrogens with zero attached hydrogens (tertiary/aromatic N) is 1. The Labute approximate surface area is 48.1 Å². The van der Waals surface area contributed by atoms with Gasteiger partial charge in [0.1, 0.15) is 6.17 Å². The van der Waals surface area contributed by atoms with Crippen LogP contribution in [0.5, 0.6) is 0 Å². The van der Waals surface area contributed by atoms with Crippen LogP contribution in [0, 0.1) is 17.2 Å². The van der Waals surface area contributed by atoms with Crippen LogP contribution in [0.1, 0.15) is 19.3 Å². The van der Waals surface area contributed by atoms with Gasteiger partial charge in [0.25, 0.3) is 0 Å². The van der Waals surface area contributed by atoms with E-state index in [1.54, 1.807) is 0 Å². The predicted molar refractivity (Wildman–Crippen MR) is 27.8 cm³/mol. The van der Waals surface area contributed by atoms with Crippen molar-refractivity contribution in [2.75, 3.05) is 0 Å². The average Bonchev–Trinajstić information content (AvgIpc) is 1.64. The molecule has 1 rings (SSSR count). The molecule has 1 nitrogen and oxygen atoms in total. The monoisotopic (exact) mass is 113 g/mol. The lowest BCUT2D eigenvalue weighted by Crippen LogP contribution is -2.23. The highest BCUT2D eigenvalue weighted by atomic mass is 19.1. The van der Waals surface area contributed by atoms with E-state index in [1.165, 1.54) is 0 Å². The molecule has 0 N–H and O–H groups in total. The summed E-state index contributed by atoms with van der Waals surface area (Å²) in [5.41, 5.74) is 0. The van der Waals surface area contributed by atoms with Gasteiger partial charge in [-0.3, -0.25) is 0 Å². The van der Waals surface area contributed by atoms with Gasteiger partial charge in [-0.25, -0.2) is 4.39 Å². The summed E-state index contributed by atoms with van der Waals surface area (Å²) in [6.45, 7) is 0. The van der Waals surface area contributed by atoms with Crippen molar-refractivity contribution in [2.24, 2.45) is 5.92 Å². The number of rotatable bonds is 1. The van der Waals surface area contributed by atoms with Crippen LogP contribution in [-0.2, 0) is 0 Å². The standard InChI is InChI=1S/C6H8FN/c7-6-3-5(4-6)1-2-8/h5-6H,1,3-4H2. The van der Waals surface area contributed by atoms with Gasteiger partial charge in [0.2, 0.25) is 0 Å². The molecule has 0 atom stereocenters. The summed E-state index contributed by atoms with van der Waals surface area (Å²) < 4.78 is 12.0. The molecule has 0 aromatic heterocycles. The molecule has 0 radical (unpaired) electrons. The van der Waals surface area contributed by atoms with E-state index in [0.29, 0.717) is 25.2 Å². The Morgan fingerprint density at radius 1 is 1.62 bits per heavy atom. The van der Waals surface area contributed by atoms with Crippen molar-refractivity contribution in [3.05, 3.63) is 0 Å². The van der Waals surface area contributed by atoms with Gasteiger partial charge in [0.15, 0.2) is 0 Å². The van der Waals surface area contributed by atoms with Gasteiger partial charge in [-0.15, -0.1) is 0 Å². The van der Waals surface area contributed by atoms with Gasteiger partial charge < -0.3 is 0 Å². The third-order valence-electron chi connectivity index (χ3n) is 1.56. The molecule has 8 heavy (non-hydrogen) atoms. The van der Waals surface area contributed by atoms with Crippen molar-refractivity contribution in [3.8, 4) is 6.07 Å². The summed E-state index contributed by atoms with van der Waals surface area (Å²) >= 11 is 0. The van der Waals surface area contributed by atoms with Crippen molar-refractivity contribution in [1.82, 2.24) is 0 Å². The highest BCUT2D eigenvalue weighted by Gasteiger charge is 2.27. The quantitative estimate of drug-likeness (QED) is 0.507. The lowest BCUT2D eigenvalue weighted by molar-refractivity contribution is 0.134. The van der Waals surface area contributed by atoms with E-state index in [9.17, 15) is 4.39 Å². The first-order chi connectivity index (χ1) is 3.83. The Hall–Kier alpha value is -0.580. The van der Waals surface area contributed by atoms with Gasteiger partial charge >= 0.3 is 0 Å². The third-order valence-corrected chi connectivity index (χ3v) is 1.56. The van der Waals surface area contributed by atoms with Crippen LogP contribution in [-0.4, -0.2) is 6.17 Å². The number of hydrogen-bond acceptors (Lipinski definition) is 1. The Balaban J connectivity index is 2.09. The lowest BCUT2D eigenvalue weighted by atomic mass is 9.82. The molecule has 0 unspecified atom stereocenters. The molecule has 0 aromatic carbocycles. The minimum absolute atomic E-state index is 0.370. The van der Waals surface area contributed by atoms with E-state index in [0.717, 1.165) is 0 Å². The molecule has 0 bridgehead atoms. The molecule has 0 saturated heterocycles. The zero-order chi connectivity index (χ0) is 5.98. The second-order valence-electron chi connectivity index (χ2n) is 2.30. The molecule has 0 spiro atoms. The first kappa shape index (κ1) is 5.55. The number of alkyl halides is 1. The molecule has 2 heteroatoms. The SMILES string of the molecule is N#CCC1CC(F)C1. The van der Waals surface area contributed by atoms with E-state index in [4.69, 9.17) is 5.26 Å². The maximum Gasteiger partial charge on any atom is 0.101 e. The maximum atomic E-state index is 12.0. The summed E-state index contributed by atoms with van der Waals surface area (Å²) in [6, 6.07) is 2.02. The normalized spacial score (nSPS) is 35.5. The van der Waals surface area contributed by atoms with E-state index in [2.05, 4.69) is 0 Å². The van der Waals surface area contributed by atoms with E-state index >= 15 is 0 Å². The first-order valence-corrected chi connectivity index (χ1v) is 2.84. The Morgan fingerprint density at radius 3 is 2.62 bits per heavy atom. The van der Waals surface area contributed by atoms with Gasteiger partial charge in [-0.2, -0.15) is 5.26 Å². The fourth-order valence-electron chi connectivity index (χ4n) is 0.950. The average molecular weight is 113 g/mol. The molecule has 0 heterocycles. The summed E-state index contributed by atoms with van der Waals surface area (Å²) in [7, 11) is 0. The molecule has 1 aliphatic carbocycles. The molecule has 1 aliphatic rings. The summed E-state index contributed by atoms with van der Waals surface area (Å²) in [5.74, 6) is 0.370. The van der Waals surface area contributed by atoms with Crippen LogP contribution < -0.4 is 0 Å². The zero-order valence-corrected chi connectivity index (χ0v) is 4.60. The van der Waals surface area contributed by atoms with Crippen molar-refractivity contribution in [3.63, 3.8) is 0 Å². The van der Waals surface area contributed by atoms with E-state index in [-0.39, 0.29) is 0 Å². The predicted octanol–water partition coefficient (Wildman–Crippen LogP) is 1.65. The van der Waals surface area contributed by atoms with Crippen LogP contribution in [0.15, 0.2) is 0 Å². The Bertz CT molecular complexity index is 110. The van der Waals surface area contributed by atoms with Crippen LogP contribution in [0.2, 0.25) is 0 Å². The fourth-order valence-corrected chi connectivity index (χ4v) is 0.950. The first-order valence-electron chi connectivity index (χ1n) is 2.84.